The predicted octanol–water partition coefficient (Wildman–Crippen LogP) is 2.31. The van der Waals surface area contributed by atoms with Gasteiger partial charge in [-0.1, -0.05) is 31.2 Å². The summed E-state index contributed by atoms with van der Waals surface area (Å²) in [6.45, 7) is 2.91. The molecule has 1 rings (SSSR count). The molecule has 3 heteroatoms. The van der Waals surface area contributed by atoms with Crippen LogP contribution in [0.15, 0.2) is 30.3 Å². The molecule has 0 saturated carbocycles. The van der Waals surface area contributed by atoms with Crippen molar-refractivity contribution in [1.29, 1.82) is 0 Å². The average molecular weight is 233 g/mol. The van der Waals surface area contributed by atoms with Gasteiger partial charge in [0, 0.05) is 6.08 Å². The van der Waals surface area contributed by atoms with Gasteiger partial charge in [-0.25, -0.2) is 4.79 Å². The second-order valence-electron chi connectivity index (χ2n) is 4.30. The molecule has 0 bridgehead atoms. The number of carboxylic acid groups (broad SMARTS) is 1. The largest absolute Gasteiger partial charge is 0.478 e. The van der Waals surface area contributed by atoms with E-state index in [9.17, 15) is 4.79 Å². The fourth-order valence-corrected chi connectivity index (χ4v) is 1.72. The van der Waals surface area contributed by atoms with E-state index in [2.05, 4.69) is 6.92 Å². The zero-order valence-electron chi connectivity index (χ0n) is 10.1. The Bertz CT molecular complexity index is 382. The predicted molar refractivity (Wildman–Crippen MR) is 69.7 cm³/mol. The zero-order valence-corrected chi connectivity index (χ0v) is 10.1. The Morgan fingerprint density at radius 3 is 2.59 bits per heavy atom. The summed E-state index contributed by atoms with van der Waals surface area (Å²) in [5, 5.41) is 8.51. The quantitative estimate of drug-likeness (QED) is 0.741. The third kappa shape index (κ3) is 5.31. The molecule has 0 radical (unpaired) electrons. The fraction of sp³-hybridized carbons (Fsp3) is 0.357. The van der Waals surface area contributed by atoms with Gasteiger partial charge in [0.1, 0.15) is 0 Å². The summed E-state index contributed by atoms with van der Waals surface area (Å²) in [6.07, 6.45) is 4.78. The van der Waals surface area contributed by atoms with Crippen molar-refractivity contribution in [3.05, 3.63) is 41.5 Å². The van der Waals surface area contributed by atoms with Gasteiger partial charge in [0.05, 0.1) is 0 Å². The van der Waals surface area contributed by atoms with Crippen molar-refractivity contribution >= 4 is 12.0 Å². The number of nitrogens with two attached hydrogens (primary N) is 1. The number of carboxylic acids is 1. The topological polar surface area (TPSA) is 63.3 Å². The van der Waals surface area contributed by atoms with Crippen LogP contribution < -0.4 is 5.73 Å². The highest BCUT2D eigenvalue weighted by atomic mass is 16.4. The van der Waals surface area contributed by atoms with E-state index in [0.29, 0.717) is 5.92 Å². The molecule has 3 nitrogen and oxygen atoms in total. The summed E-state index contributed by atoms with van der Waals surface area (Å²) in [5.41, 5.74) is 7.68. The van der Waals surface area contributed by atoms with Crippen LogP contribution >= 0.6 is 0 Å². The van der Waals surface area contributed by atoms with E-state index in [1.807, 2.05) is 24.3 Å². The maximum absolute atomic E-state index is 10.4. The van der Waals surface area contributed by atoms with Crippen molar-refractivity contribution in [3.63, 3.8) is 0 Å². The number of rotatable bonds is 6. The van der Waals surface area contributed by atoms with E-state index >= 15 is 0 Å². The molecule has 1 aromatic rings. The van der Waals surface area contributed by atoms with E-state index in [4.69, 9.17) is 10.8 Å². The lowest BCUT2D eigenvalue weighted by atomic mass is 9.97. The minimum atomic E-state index is -0.925. The third-order valence-electron chi connectivity index (χ3n) is 2.64. The molecule has 0 saturated heterocycles. The Kier molecular flexibility index (Phi) is 5.43. The number of hydrogen-bond donors (Lipinski definition) is 2. The fourth-order valence-electron chi connectivity index (χ4n) is 1.72. The molecule has 0 aliphatic heterocycles. The molecular formula is C14H19NO2. The molecule has 17 heavy (non-hydrogen) atoms. The van der Waals surface area contributed by atoms with E-state index < -0.39 is 5.97 Å². The first-order chi connectivity index (χ1) is 8.11. The average Bonchev–Trinajstić information content (AvgIpc) is 2.28. The molecule has 0 spiro atoms. The molecule has 1 aromatic carbocycles. The summed E-state index contributed by atoms with van der Waals surface area (Å²) in [5.74, 6) is -0.342. The molecule has 0 heterocycles. The van der Waals surface area contributed by atoms with Gasteiger partial charge in [-0.05, 0) is 42.5 Å². The molecule has 92 valence electrons. The number of carbonyl (C=O) groups is 1. The second-order valence-corrected chi connectivity index (χ2v) is 4.30. The Morgan fingerprint density at radius 1 is 1.41 bits per heavy atom. The van der Waals surface area contributed by atoms with Gasteiger partial charge in [-0.2, -0.15) is 0 Å². The van der Waals surface area contributed by atoms with Crippen molar-refractivity contribution in [2.45, 2.75) is 19.8 Å². The van der Waals surface area contributed by atoms with Crippen molar-refractivity contribution in [2.75, 3.05) is 6.54 Å². The summed E-state index contributed by atoms with van der Waals surface area (Å²) in [7, 11) is 0. The van der Waals surface area contributed by atoms with Gasteiger partial charge < -0.3 is 10.8 Å². The highest BCUT2D eigenvalue weighted by Gasteiger charge is 2.02. The maximum atomic E-state index is 10.4. The molecule has 1 unspecified atom stereocenters. The summed E-state index contributed by atoms with van der Waals surface area (Å²) in [6, 6.07) is 7.94. The van der Waals surface area contributed by atoms with Gasteiger partial charge in [0.2, 0.25) is 0 Å². The standard InChI is InChI=1S/C14H19NO2/c1-11(8-9-15)10-13-4-2-12(3-5-13)6-7-14(16)17/h2-7,11H,8-10,15H2,1H3,(H,16,17)/b7-6+. The highest BCUT2D eigenvalue weighted by Crippen LogP contribution is 2.13. The number of hydrogen-bond acceptors (Lipinski definition) is 2. The Morgan fingerprint density at radius 2 is 2.06 bits per heavy atom. The Hall–Kier alpha value is -1.61. The third-order valence-corrected chi connectivity index (χ3v) is 2.64. The molecular weight excluding hydrogens is 214 g/mol. The van der Waals surface area contributed by atoms with Gasteiger partial charge in [0.15, 0.2) is 0 Å². The maximum Gasteiger partial charge on any atom is 0.328 e. The minimum absolute atomic E-state index is 0.584. The van der Waals surface area contributed by atoms with Crippen LogP contribution in [0.25, 0.3) is 6.08 Å². The SMILES string of the molecule is CC(CCN)Cc1ccc(/C=C/C(=O)O)cc1. The summed E-state index contributed by atoms with van der Waals surface area (Å²) in [4.78, 5) is 10.4. The van der Waals surface area contributed by atoms with E-state index in [-0.39, 0.29) is 0 Å². The minimum Gasteiger partial charge on any atom is -0.478 e. The summed E-state index contributed by atoms with van der Waals surface area (Å²) >= 11 is 0. The van der Waals surface area contributed by atoms with Crippen LogP contribution in [0.1, 0.15) is 24.5 Å². The molecule has 3 N–H and O–H groups in total. The lowest BCUT2D eigenvalue weighted by molar-refractivity contribution is -0.131. The number of aliphatic carboxylic acids is 1. The first-order valence-corrected chi connectivity index (χ1v) is 5.82. The second kappa shape index (κ2) is 6.86. The van der Waals surface area contributed by atoms with Crippen molar-refractivity contribution < 1.29 is 9.90 Å². The van der Waals surface area contributed by atoms with Crippen LogP contribution in [0.4, 0.5) is 0 Å². The highest BCUT2D eigenvalue weighted by molar-refractivity contribution is 5.85. The zero-order chi connectivity index (χ0) is 12.7. The van der Waals surface area contributed by atoms with Crippen molar-refractivity contribution in [3.8, 4) is 0 Å². The molecule has 0 amide bonds. The van der Waals surface area contributed by atoms with Crippen LogP contribution in [0.5, 0.6) is 0 Å². The van der Waals surface area contributed by atoms with Gasteiger partial charge in [-0.15, -0.1) is 0 Å². The van der Waals surface area contributed by atoms with Crippen LogP contribution in [0.2, 0.25) is 0 Å². The number of benzene rings is 1. The molecule has 0 aromatic heterocycles. The van der Waals surface area contributed by atoms with Gasteiger partial charge in [-0.3, -0.25) is 0 Å². The van der Waals surface area contributed by atoms with Crippen LogP contribution in [-0.2, 0) is 11.2 Å². The first kappa shape index (κ1) is 13.5. The molecule has 0 fully saturated rings. The lowest BCUT2D eigenvalue weighted by Crippen LogP contribution is -2.07. The molecule has 0 aliphatic rings. The smallest absolute Gasteiger partial charge is 0.328 e. The molecule has 1 atom stereocenters. The normalized spacial score (nSPS) is 12.8. The van der Waals surface area contributed by atoms with Crippen LogP contribution in [0.3, 0.4) is 0 Å². The first-order valence-electron chi connectivity index (χ1n) is 5.82. The summed E-state index contributed by atoms with van der Waals surface area (Å²) < 4.78 is 0. The Labute approximate surface area is 102 Å². The van der Waals surface area contributed by atoms with Crippen LogP contribution in [-0.4, -0.2) is 17.6 Å². The molecule has 0 aliphatic carbocycles. The van der Waals surface area contributed by atoms with Gasteiger partial charge >= 0.3 is 5.97 Å². The Balaban J connectivity index is 2.58. The van der Waals surface area contributed by atoms with Gasteiger partial charge in [0.25, 0.3) is 0 Å². The van der Waals surface area contributed by atoms with E-state index in [1.165, 1.54) is 5.56 Å². The van der Waals surface area contributed by atoms with Crippen LogP contribution in [0, 0.1) is 5.92 Å². The van der Waals surface area contributed by atoms with E-state index in [0.717, 1.165) is 31.0 Å². The van der Waals surface area contributed by atoms with Crippen molar-refractivity contribution in [2.24, 2.45) is 11.7 Å². The van der Waals surface area contributed by atoms with Crippen molar-refractivity contribution in [1.82, 2.24) is 0 Å². The van der Waals surface area contributed by atoms with E-state index in [1.54, 1.807) is 6.08 Å². The lowest BCUT2D eigenvalue weighted by Gasteiger charge is -2.09. The monoisotopic (exact) mass is 233 g/mol.